The summed E-state index contributed by atoms with van der Waals surface area (Å²) in [5.41, 5.74) is 1.80. The zero-order valence-corrected chi connectivity index (χ0v) is 9.89. The van der Waals surface area contributed by atoms with E-state index in [0.717, 1.165) is 21.6 Å². The highest BCUT2D eigenvalue weighted by atomic mass is 32.1. The fourth-order valence-electron chi connectivity index (χ4n) is 1.92. The van der Waals surface area contributed by atoms with Crippen molar-refractivity contribution in [1.82, 2.24) is 14.5 Å². The van der Waals surface area contributed by atoms with Crippen LogP contribution in [-0.4, -0.2) is 19.6 Å². The molecule has 0 saturated heterocycles. The number of fused-ring (bicyclic) bond motifs is 1. The van der Waals surface area contributed by atoms with Crippen LogP contribution in [0.3, 0.4) is 0 Å². The molecule has 3 aromatic heterocycles. The van der Waals surface area contributed by atoms with Crippen LogP contribution in [0.4, 0.5) is 0 Å². The van der Waals surface area contributed by atoms with E-state index in [-0.39, 0.29) is 6.61 Å². The molecule has 0 unspecified atom stereocenters. The van der Waals surface area contributed by atoms with Gasteiger partial charge in [0, 0.05) is 34.9 Å². The minimum atomic E-state index is 0.0348. The third kappa shape index (κ3) is 1.83. The second-order valence-corrected chi connectivity index (χ2v) is 4.72. The van der Waals surface area contributed by atoms with Crippen molar-refractivity contribution in [2.75, 3.05) is 0 Å². The lowest BCUT2D eigenvalue weighted by molar-refractivity contribution is 0.283. The Morgan fingerprint density at radius 1 is 1.29 bits per heavy atom. The Morgan fingerprint density at radius 2 is 2.24 bits per heavy atom. The summed E-state index contributed by atoms with van der Waals surface area (Å²) in [6.07, 6.45) is 5.51. The topological polar surface area (TPSA) is 50.9 Å². The number of aliphatic hydroxyl groups excluding tert-OH is 1. The number of aromatic nitrogens is 3. The molecule has 0 amide bonds. The highest BCUT2D eigenvalue weighted by Gasteiger charge is 2.09. The van der Waals surface area contributed by atoms with Crippen molar-refractivity contribution >= 4 is 22.4 Å². The molecule has 3 aromatic rings. The van der Waals surface area contributed by atoms with Gasteiger partial charge < -0.3 is 9.67 Å². The fourth-order valence-corrected chi connectivity index (χ4v) is 2.53. The van der Waals surface area contributed by atoms with Crippen LogP contribution in [0.1, 0.15) is 10.6 Å². The third-order valence-electron chi connectivity index (χ3n) is 2.68. The number of thiazole rings is 1. The highest BCUT2D eigenvalue weighted by Crippen LogP contribution is 2.20. The molecule has 0 aliphatic carbocycles. The molecule has 0 saturated carbocycles. The molecule has 0 atom stereocenters. The summed E-state index contributed by atoms with van der Waals surface area (Å²) in [7, 11) is 0. The minimum absolute atomic E-state index is 0.0348. The lowest BCUT2D eigenvalue weighted by atomic mass is 10.2. The van der Waals surface area contributed by atoms with Crippen LogP contribution >= 0.6 is 11.3 Å². The van der Waals surface area contributed by atoms with Crippen LogP contribution < -0.4 is 0 Å². The Balaban J connectivity index is 2.10. The highest BCUT2D eigenvalue weighted by molar-refractivity contribution is 7.09. The predicted molar refractivity (Wildman–Crippen MR) is 66.9 cm³/mol. The number of hydrogen-bond acceptors (Lipinski definition) is 4. The quantitative estimate of drug-likeness (QED) is 0.768. The maximum Gasteiger partial charge on any atom is 0.140 e. The first-order chi connectivity index (χ1) is 8.38. The van der Waals surface area contributed by atoms with E-state index in [1.807, 2.05) is 28.3 Å². The number of hydrogen-bond donors (Lipinski definition) is 1. The number of nitrogens with zero attached hydrogens (tertiary/aromatic N) is 3. The summed E-state index contributed by atoms with van der Waals surface area (Å²) in [6, 6.07) is 3.86. The summed E-state index contributed by atoms with van der Waals surface area (Å²) in [5, 5.41) is 13.3. The van der Waals surface area contributed by atoms with Gasteiger partial charge in [-0.2, -0.15) is 0 Å². The molecule has 3 rings (SSSR count). The van der Waals surface area contributed by atoms with Crippen molar-refractivity contribution in [3.63, 3.8) is 0 Å². The van der Waals surface area contributed by atoms with Crippen molar-refractivity contribution < 1.29 is 5.11 Å². The Bertz CT molecular complexity index is 630. The van der Waals surface area contributed by atoms with Crippen LogP contribution in [0.5, 0.6) is 0 Å². The normalized spacial score (nSPS) is 11.1. The van der Waals surface area contributed by atoms with Crippen molar-refractivity contribution in [1.29, 1.82) is 0 Å². The van der Waals surface area contributed by atoms with Gasteiger partial charge in [0.05, 0.1) is 13.2 Å². The SMILES string of the molecule is OCc1cn(Cc2nccs2)c2ncccc12. The Labute approximate surface area is 102 Å². The average Bonchev–Trinajstić information content (AvgIpc) is 2.98. The smallest absolute Gasteiger partial charge is 0.140 e. The van der Waals surface area contributed by atoms with Gasteiger partial charge >= 0.3 is 0 Å². The Hall–Kier alpha value is -1.72. The molecule has 0 spiro atoms. The Morgan fingerprint density at radius 3 is 3.00 bits per heavy atom. The van der Waals surface area contributed by atoms with Gasteiger partial charge in [-0.3, -0.25) is 0 Å². The van der Waals surface area contributed by atoms with Crippen molar-refractivity contribution in [3.05, 3.63) is 46.7 Å². The summed E-state index contributed by atoms with van der Waals surface area (Å²) in [5.74, 6) is 0. The lowest BCUT2D eigenvalue weighted by Crippen LogP contribution is -1.98. The molecule has 3 heterocycles. The van der Waals surface area contributed by atoms with Gasteiger partial charge in [-0.25, -0.2) is 9.97 Å². The van der Waals surface area contributed by atoms with E-state index in [9.17, 15) is 5.11 Å². The standard InChI is InChI=1S/C12H11N3OS/c16-8-9-6-15(7-11-13-4-5-17-11)12-10(9)2-1-3-14-12/h1-6,16H,7-8H2. The van der Waals surface area contributed by atoms with E-state index < -0.39 is 0 Å². The predicted octanol–water partition coefficient (Wildman–Crippen LogP) is 2.03. The number of pyridine rings is 1. The molecule has 0 aliphatic rings. The second-order valence-electron chi connectivity index (χ2n) is 3.74. The lowest BCUT2D eigenvalue weighted by Gasteiger charge is -2.00. The first-order valence-electron chi connectivity index (χ1n) is 5.30. The summed E-state index contributed by atoms with van der Waals surface area (Å²) < 4.78 is 2.03. The van der Waals surface area contributed by atoms with Crippen LogP contribution in [0.15, 0.2) is 36.1 Å². The van der Waals surface area contributed by atoms with Crippen molar-refractivity contribution in [2.45, 2.75) is 13.2 Å². The van der Waals surface area contributed by atoms with E-state index in [1.54, 1.807) is 23.7 Å². The zero-order chi connectivity index (χ0) is 11.7. The average molecular weight is 245 g/mol. The number of rotatable bonds is 3. The largest absolute Gasteiger partial charge is 0.392 e. The number of aliphatic hydroxyl groups is 1. The first kappa shape index (κ1) is 10.4. The molecule has 0 aromatic carbocycles. The molecule has 86 valence electrons. The van der Waals surface area contributed by atoms with E-state index in [1.165, 1.54) is 0 Å². The molecule has 4 nitrogen and oxygen atoms in total. The maximum absolute atomic E-state index is 9.32. The fraction of sp³-hybridized carbons (Fsp3) is 0.167. The molecule has 1 N–H and O–H groups in total. The van der Waals surface area contributed by atoms with Gasteiger partial charge in [0.2, 0.25) is 0 Å². The van der Waals surface area contributed by atoms with Crippen molar-refractivity contribution in [2.24, 2.45) is 0 Å². The molecular weight excluding hydrogens is 234 g/mol. The maximum atomic E-state index is 9.32. The molecule has 0 bridgehead atoms. The summed E-state index contributed by atoms with van der Waals surface area (Å²) in [4.78, 5) is 8.62. The summed E-state index contributed by atoms with van der Waals surface area (Å²) in [6.45, 7) is 0.734. The Kier molecular flexibility index (Phi) is 2.62. The van der Waals surface area contributed by atoms with Crippen LogP contribution in [-0.2, 0) is 13.2 Å². The van der Waals surface area contributed by atoms with Gasteiger partial charge in [-0.05, 0) is 12.1 Å². The van der Waals surface area contributed by atoms with Gasteiger partial charge in [0.25, 0.3) is 0 Å². The van der Waals surface area contributed by atoms with E-state index in [4.69, 9.17) is 0 Å². The molecule has 5 heteroatoms. The van der Waals surface area contributed by atoms with Gasteiger partial charge in [-0.1, -0.05) is 0 Å². The molecule has 0 fully saturated rings. The summed E-state index contributed by atoms with van der Waals surface area (Å²) >= 11 is 1.62. The van der Waals surface area contributed by atoms with E-state index in [2.05, 4.69) is 9.97 Å². The van der Waals surface area contributed by atoms with Crippen LogP contribution in [0.25, 0.3) is 11.0 Å². The van der Waals surface area contributed by atoms with Gasteiger partial charge in [0.15, 0.2) is 0 Å². The van der Waals surface area contributed by atoms with Gasteiger partial charge in [-0.15, -0.1) is 11.3 Å². The monoisotopic (exact) mass is 245 g/mol. The van der Waals surface area contributed by atoms with E-state index >= 15 is 0 Å². The molecular formula is C12H11N3OS. The minimum Gasteiger partial charge on any atom is -0.392 e. The first-order valence-corrected chi connectivity index (χ1v) is 6.18. The molecule has 17 heavy (non-hydrogen) atoms. The van der Waals surface area contributed by atoms with Crippen LogP contribution in [0, 0.1) is 0 Å². The van der Waals surface area contributed by atoms with Crippen molar-refractivity contribution in [3.8, 4) is 0 Å². The van der Waals surface area contributed by atoms with E-state index in [0.29, 0.717) is 6.54 Å². The molecule has 0 aliphatic heterocycles. The van der Waals surface area contributed by atoms with Crippen LogP contribution in [0.2, 0.25) is 0 Å². The van der Waals surface area contributed by atoms with Gasteiger partial charge in [0.1, 0.15) is 10.7 Å². The zero-order valence-electron chi connectivity index (χ0n) is 9.08. The second kappa shape index (κ2) is 4.27. The molecule has 0 radical (unpaired) electrons. The third-order valence-corrected chi connectivity index (χ3v) is 3.44.